The lowest BCUT2D eigenvalue weighted by Crippen LogP contribution is -2.57. The van der Waals surface area contributed by atoms with Gasteiger partial charge in [-0.1, -0.05) is 24.3 Å². The van der Waals surface area contributed by atoms with Crippen LogP contribution in [0.3, 0.4) is 0 Å². The Hall–Kier alpha value is -2.49. The van der Waals surface area contributed by atoms with E-state index in [1.54, 1.807) is 53.7 Å². The highest BCUT2D eigenvalue weighted by molar-refractivity contribution is 5.88. The van der Waals surface area contributed by atoms with Crippen molar-refractivity contribution >= 4 is 17.9 Å². The first-order valence-corrected chi connectivity index (χ1v) is 12.2. The predicted octanol–water partition coefficient (Wildman–Crippen LogP) is 2.93. The van der Waals surface area contributed by atoms with Gasteiger partial charge < -0.3 is 29.2 Å². The highest BCUT2D eigenvalue weighted by Gasteiger charge is 2.66. The van der Waals surface area contributed by atoms with E-state index in [-0.39, 0.29) is 12.8 Å². The number of epoxide rings is 1. The molecule has 1 saturated heterocycles. The summed E-state index contributed by atoms with van der Waals surface area (Å²) in [6.45, 7) is 16.6. The van der Waals surface area contributed by atoms with Crippen molar-refractivity contribution in [1.82, 2.24) is 0 Å². The largest absolute Gasteiger partial charge is 0.456 e. The molecule has 202 valence electrons. The summed E-state index contributed by atoms with van der Waals surface area (Å²) < 4.78 is 23.2. The number of fused-ring (bicyclic) bond motifs is 1. The van der Waals surface area contributed by atoms with Crippen LogP contribution in [0.2, 0.25) is 0 Å². The fourth-order valence-corrected chi connectivity index (χ4v) is 4.43. The molecular weight excluding hydrogens is 468 g/mol. The molecule has 1 saturated carbocycles. The molecule has 0 aromatic carbocycles. The van der Waals surface area contributed by atoms with Crippen molar-refractivity contribution in [2.24, 2.45) is 5.92 Å². The Morgan fingerprint density at radius 1 is 0.944 bits per heavy atom. The number of carbonyl (C=O) groups excluding carboxylic acids is 3. The van der Waals surface area contributed by atoms with E-state index in [4.69, 9.17) is 18.9 Å². The summed E-state index contributed by atoms with van der Waals surface area (Å²) in [5.74, 6) is -2.57. The van der Waals surface area contributed by atoms with Crippen molar-refractivity contribution in [3.63, 3.8) is 0 Å². The van der Waals surface area contributed by atoms with Gasteiger partial charge in [0.2, 0.25) is 0 Å². The lowest BCUT2D eigenvalue weighted by Gasteiger charge is -2.42. The standard InChI is InChI=1S/C27H40O9/c1-10-15(5)24(30)34-20-13-21-27(9,36-21)23(33-17(7)28)22(35-25(31)16(6)11-2)18(14(3)4)12-19(29)26(20,8)32/h10-11,18-23,29,32H,3,12-13H2,1-2,4-9H3. The van der Waals surface area contributed by atoms with Gasteiger partial charge in [0, 0.05) is 30.4 Å². The minimum absolute atomic E-state index is 0.0212. The number of esters is 3. The summed E-state index contributed by atoms with van der Waals surface area (Å²) >= 11 is 0. The van der Waals surface area contributed by atoms with Crippen molar-refractivity contribution < 1.29 is 43.5 Å². The Morgan fingerprint density at radius 2 is 1.47 bits per heavy atom. The first-order valence-electron chi connectivity index (χ1n) is 12.2. The van der Waals surface area contributed by atoms with Crippen LogP contribution in [0.5, 0.6) is 0 Å². The maximum absolute atomic E-state index is 12.8. The summed E-state index contributed by atoms with van der Waals surface area (Å²) in [5.41, 5.74) is -1.73. The van der Waals surface area contributed by atoms with Crippen molar-refractivity contribution in [2.45, 2.75) is 110 Å². The van der Waals surface area contributed by atoms with Gasteiger partial charge in [-0.05, 0) is 54.9 Å². The lowest BCUT2D eigenvalue weighted by atomic mass is 9.75. The average Bonchev–Trinajstić information content (AvgIpc) is 3.46. The highest BCUT2D eigenvalue weighted by atomic mass is 16.7. The molecule has 0 aromatic heterocycles. The number of hydrogen-bond donors (Lipinski definition) is 2. The van der Waals surface area contributed by atoms with Crippen LogP contribution in [0.4, 0.5) is 0 Å². The first kappa shape index (κ1) is 29.7. The van der Waals surface area contributed by atoms with E-state index in [1.807, 2.05) is 0 Å². The molecule has 0 amide bonds. The summed E-state index contributed by atoms with van der Waals surface area (Å²) in [7, 11) is 0. The Kier molecular flexibility index (Phi) is 9.31. The molecule has 2 fully saturated rings. The van der Waals surface area contributed by atoms with E-state index in [2.05, 4.69) is 6.58 Å². The molecule has 8 atom stereocenters. The zero-order valence-corrected chi connectivity index (χ0v) is 22.5. The van der Waals surface area contributed by atoms with E-state index >= 15 is 0 Å². The van der Waals surface area contributed by atoms with Crippen LogP contribution < -0.4 is 0 Å². The smallest absolute Gasteiger partial charge is 0.333 e. The molecule has 9 heteroatoms. The molecule has 2 rings (SSSR count). The molecule has 0 aromatic rings. The van der Waals surface area contributed by atoms with E-state index in [0.717, 1.165) is 0 Å². The molecule has 2 N–H and O–H groups in total. The summed E-state index contributed by atoms with van der Waals surface area (Å²) in [5, 5.41) is 22.6. The molecule has 1 aliphatic heterocycles. The van der Waals surface area contributed by atoms with Crippen LogP contribution in [0.25, 0.3) is 0 Å². The number of hydrogen-bond acceptors (Lipinski definition) is 9. The molecular formula is C27H40O9. The van der Waals surface area contributed by atoms with Gasteiger partial charge in [0.15, 0.2) is 6.10 Å². The van der Waals surface area contributed by atoms with Crippen LogP contribution in [-0.2, 0) is 33.3 Å². The molecule has 1 heterocycles. The normalized spacial score (nSPS) is 37.3. The van der Waals surface area contributed by atoms with Crippen molar-refractivity contribution in [2.75, 3.05) is 0 Å². The summed E-state index contributed by atoms with van der Waals surface area (Å²) in [4.78, 5) is 37.5. The molecule has 36 heavy (non-hydrogen) atoms. The number of allylic oxidation sites excluding steroid dienone is 2. The molecule has 0 spiro atoms. The van der Waals surface area contributed by atoms with Gasteiger partial charge in [0.1, 0.15) is 23.4 Å². The Morgan fingerprint density at radius 3 is 1.94 bits per heavy atom. The predicted molar refractivity (Wildman–Crippen MR) is 132 cm³/mol. The van der Waals surface area contributed by atoms with E-state index in [0.29, 0.717) is 16.7 Å². The summed E-state index contributed by atoms with van der Waals surface area (Å²) in [6, 6.07) is 0. The minimum atomic E-state index is -1.87. The molecule has 0 radical (unpaired) electrons. The summed E-state index contributed by atoms with van der Waals surface area (Å²) in [6.07, 6.45) is -2.16. The zero-order chi connectivity index (χ0) is 27.6. The second kappa shape index (κ2) is 11.3. The van der Waals surface area contributed by atoms with E-state index in [1.165, 1.54) is 13.8 Å². The third-order valence-corrected chi connectivity index (χ3v) is 7.40. The van der Waals surface area contributed by atoms with Gasteiger partial charge in [-0.15, -0.1) is 0 Å². The second-order valence-electron chi connectivity index (χ2n) is 10.2. The SMILES string of the molecule is C=C(C)C1CC(O)C(C)(O)C(OC(=O)C(C)=CC)CC2OC2(C)C(OC(C)=O)C1OC(=O)C(C)=CC. The monoisotopic (exact) mass is 508 g/mol. The van der Waals surface area contributed by atoms with Crippen molar-refractivity contribution in [3.05, 3.63) is 35.5 Å². The number of aliphatic hydroxyl groups excluding tert-OH is 1. The molecule has 1 aliphatic carbocycles. The van der Waals surface area contributed by atoms with Crippen LogP contribution in [0.1, 0.15) is 68.2 Å². The molecule has 0 bridgehead atoms. The molecule has 2 aliphatic rings. The van der Waals surface area contributed by atoms with Crippen molar-refractivity contribution in [3.8, 4) is 0 Å². The number of rotatable bonds is 6. The van der Waals surface area contributed by atoms with E-state index in [9.17, 15) is 24.6 Å². The van der Waals surface area contributed by atoms with Crippen LogP contribution in [-0.4, -0.2) is 69.8 Å². The minimum Gasteiger partial charge on any atom is -0.456 e. The Balaban J connectivity index is 2.60. The van der Waals surface area contributed by atoms with Gasteiger partial charge in [-0.25, -0.2) is 9.59 Å². The second-order valence-corrected chi connectivity index (χ2v) is 10.2. The quantitative estimate of drug-likeness (QED) is 0.183. The third kappa shape index (κ3) is 6.25. The van der Waals surface area contributed by atoms with Gasteiger partial charge in [-0.3, -0.25) is 4.79 Å². The molecule has 9 nitrogen and oxygen atoms in total. The molecule has 8 unspecified atom stereocenters. The Labute approximate surface area is 213 Å². The van der Waals surface area contributed by atoms with E-state index < -0.39 is 65.5 Å². The zero-order valence-electron chi connectivity index (χ0n) is 22.5. The number of carbonyl (C=O) groups is 3. The fourth-order valence-electron chi connectivity index (χ4n) is 4.43. The van der Waals surface area contributed by atoms with Crippen LogP contribution >= 0.6 is 0 Å². The van der Waals surface area contributed by atoms with Crippen LogP contribution in [0.15, 0.2) is 35.5 Å². The van der Waals surface area contributed by atoms with Gasteiger partial charge in [0.25, 0.3) is 0 Å². The highest BCUT2D eigenvalue weighted by Crippen LogP contribution is 2.49. The van der Waals surface area contributed by atoms with Crippen LogP contribution in [0, 0.1) is 5.92 Å². The first-order chi connectivity index (χ1) is 16.6. The third-order valence-electron chi connectivity index (χ3n) is 7.40. The van der Waals surface area contributed by atoms with Crippen molar-refractivity contribution in [1.29, 1.82) is 0 Å². The van der Waals surface area contributed by atoms with Gasteiger partial charge >= 0.3 is 17.9 Å². The maximum Gasteiger partial charge on any atom is 0.333 e. The topological polar surface area (TPSA) is 132 Å². The van der Waals surface area contributed by atoms with Gasteiger partial charge in [0.05, 0.1) is 12.2 Å². The van der Waals surface area contributed by atoms with Gasteiger partial charge in [-0.2, -0.15) is 0 Å². The number of ether oxygens (including phenoxy) is 4. The number of aliphatic hydroxyl groups is 2. The average molecular weight is 509 g/mol. The lowest BCUT2D eigenvalue weighted by molar-refractivity contribution is -0.187. The fraction of sp³-hybridized carbons (Fsp3) is 0.667. The Bertz CT molecular complexity index is 947. The maximum atomic E-state index is 12.8.